The van der Waals surface area contributed by atoms with Crippen molar-refractivity contribution >= 4 is 11.9 Å². The number of rotatable bonds is 41. The van der Waals surface area contributed by atoms with Gasteiger partial charge in [-0.05, 0) is 12.8 Å². The van der Waals surface area contributed by atoms with Crippen molar-refractivity contribution in [3.05, 3.63) is 0 Å². The first-order chi connectivity index (χ1) is 31.5. The minimum absolute atomic E-state index is 0.173. The number of carbonyl (C=O) groups is 2. The third-order valence-corrected chi connectivity index (χ3v) is 12.8. The van der Waals surface area contributed by atoms with Crippen molar-refractivity contribution in [1.29, 1.82) is 0 Å². The summed E-state index contributed by atoms with van der Waals surface area (Å²) in [5.41, 5.74) is 0. The van der Waals surface area contributed by atoms with Crippen molar-refractivity contribution < 1.29 is 73.8 Å². The van der Waals surface area contributed by atoms with Gasteiger partial charge in [0.2, 0.25) is 0 Å². The average Bonchev–Trinajstić information content (AvgIpc) is 3.30. The minimum atomic E-state index is -1.76. The number of hydrogen-bond donors (Lipinski definition) is 7. The third-order valence-electron chi connectivity index (χ3n) is 12.8. The fourth-order valence-corrected chi connectivity index (χ4v) is 8.51. The first-order valence-electron chi connectivity index (χ1n) is 26.1. The van der Waals surface area contributed by atoms with Crippen LogP contribution < -0.4 is 0 Å². The van der Waals surface area contributed by atoms with Crippen LogP contribution in [0.1, 0.15) is 213 Å². The Hall–Kier alpha value is -1.50. The van der Waals surface area contributed by atoms with Crippen LogP contribution in [0.4, 0.5) is 0 Å². The van der Waals surface area contributed by atoms with Gasteiger partial charge in [0, 0.05) is 12.8 Å². The van der Waals surface area contributed by atoms with Crippen LogP contribution in [0.2, 0.25) is 0 Å². The summed E-state index contributed by atoms with van der Waals surface area (Å²) in [6.45, 7) is 2.62. The second-order valence-corrected chi connectivity index (χ2v) is 18.7. The molecule has 65 heavy (non-hydrogen) atoms. The molecule has 0 radical (unpaired) electrons. The number of esters is 2. The Kier molecular flexibility index (Phi) is 35.2. The predicted molar refractivity (Wildman–Crippen MR) is 248 cm³/mol. The molecule has 384 valence electrons. The van der Waals surface area contributed by atoms with Gasteiger partial charge in [0.15, 0.2) is 18.7 Å². The largest absolute Gasteiger partial charge is 0.462 e. The first-order valence-corrected chi connectivity index (χ1v) is 26.1. The van der Waals surface area contributed by atoms with Gasteiger partial charge in [-0.3, -0.25) is 9.59 Å². The number of ether oxygens (including phenoxy) is 6. The Balaban J connectivity index is 1.79. The zero-order valence-corrected chi connectivity index (χ0v) is 40.5. The number of hydrogen-bond acceptors (Lipinski definition) is 15. The summed E-state index contributed by atoms with van der Waals surface area (Å²) >= 11 is 0. The lowest BCUT2D eigenvalue weighted by Crippen LogP contribution is -2.61. The minimum Gasteiger partial charge on any atom is -0.462 e. The van der Waals surface area contributed by atoms with Gasteiger partial charge in [-0.25, -0.2) is 0 Å². The molecule has 2 aliphatic heterocycles. The highest BCUT2D eigenvalue weighted by molar-refractivity contribution is 5.70. The van der Waals surface area contributed by atoms with E-state index in [1.807, 2.05) is 0 Å². The number of carbonyl (C=O) groups excluding carboxylic acids is 2. The standard InChI is InChI=1S/C50H94O15/c1-3-5-7-9-11-13-15-17-18-19-20-21-23-25-27-29-31-33-42(53)63-38(35-60-41(52)32-30-28-26-24-22-16-14-12-10-8-6-4-2)36-61-49-48(59)46(57)44(55)40(65-49)37-62-50-47(58)45(56)43(54)39(34-51)64-50/h38-40,43-51,54-59H,3-37H2,1-2H3/t38-,39+,40+,43-,44-,45?,46?,47?,48?,49+,50+/m1/s1. The molecule has 11 atom stereocenters. The second-order valence-electron chi connectivity index (χ2n) is 18.7. The molecule has 15 nitrogen and oxygen atoms in total. The molecule has 0 spiro atoms. The molecule has 2 fully saturated rings. The molecule has 0 amide bonds. The maximum atomic E-state index is 13.0. The van der Waals surface area contributed by atoms with Gasteiger partial charge in [-0.15, -0.1) is 0 Å². The van der Waals surface area contributed by atoms with Crippen molar-refractivity contribution in [1.82, 2.24) is 0 Å². The van der Waals surface area contributed by atoms with Crippen LogP contribution in [-0.4, -0.2) is 142 Å². The van der Waals surface area contributed by atoms with E-state index in [4.69, 9.17) is 28.4 Å². The monoisotopic (exact) mass is 935 g/mol. The summed E-state index contributed by atoms with van der Waals surface area (Å²) < 4.78 is 33.6. The predicted octanol–water partition coefficient (Wildman–Crippen LogP) is 7.22. The Bertz CT molecular complexity index is 1150. The van der Waals surface area contributed by atoms with Gasteiger partial charge >= 0.3 is 11.9 Å². The molecule has 0 saturated carbocycles. The van der Waals surface area contributed by atoms with Crippen molar-refractivity contribution in [2.45, 2.75) is 280 Å². The van der Waals surface area contributed by atoms with Gasteiger partial charge in [-0.2, -0.15) is 0 Å². The lowest BCUT2D eigenvalue weighted by atomic mass is 9.98. The van der Waals surface area contributed by atoms with Crippen molar-refractivity contribution in [2.24, 2.45) is 0 Å². The number of unbranched alkanes of at least 4 members (excludes halogenated alkanes) is 27. The van der Waals surface area contributed by atoms with Crippen LogP contribution in [0.15, 0.2) is 0 Å². The molecule has 0 aromatic rings. The van der Waals surface area contributed by atoms with Crippen molar-refractivity contribution in [3.8, 4) is 0 Å². The number of aliphatic hydroxyl groups is 7. The molecule has 15 heteroatoms. The summed E-state index contributed by atoms with van der Waals surface area (Å²) in [4.78, 5) is 25.7. The van der Waals surface area contributed by atoms with E-state index in [9.17, 15) is 45.3 Å². The molecule has 2 saturated heterocycles. The topological polar surface area (TPSA) is 231 Å². The highest BCUT2D eigenvalue weighted by Gasteiger charge is 2.47. The highest BCUT2D eigenvalue weighted by Crippen LogP contribution is 2.27. The van der Waals surface area contributed by atoms with E-state index >= 15 is 0 Å². The summed E-state index contributed by atoms with van der Waals surface area (Å²) in [5, 5.41) is 72.0. The van der Waals surface area contributed by atoms with E-state index in [0.717, 1.165) is 38.5 Å². The molecule has 4 unspecified atom stereocenters. The summed E-state index contributed by atoms with van der Waals surface area (Å²) in [7, 11) is 0. The highest BCUT2D eigenvalue weighted by atomic mass is 16.7. The number of aliphatic hydroxyl groups excluding tert-OH is 7. The molecule has 0 bridgehead atoms. The Morgan fingerprint density at radius 2 is 0.785 bits per heavy atom. The molecule has 2 heterocycles. The van der Waals surface area contributed by atoms with Crippen molar-refractivity contribution in [2.75, 3.05) is 26.4 Å². The van der Waals surface area contributed by atoms with Gasteiger partial charge in [0.05, 0.1) is 19.8 Å². The molecule has 2 rings (SSSR count). The van der Waals surface area contributed by atoms with E-state index in [-0.39, 0.29) is 26.1 Å². The molecular weight excluding hydrogens is 841 g/mol. The fraction of sp³-hybridized carbons (Fsp3) is 0.960. The lowest BCUT2D eigenvalue weighted by Gasteiger charge is -2.42. The lowest BCUT2D eigenvalue weighted by molar-refractivity contribution is -0.332. The fourth-order valence-electron chi connectivity index (χ4n) is 8.51. The molecule has 0 aromatic heterocycles. The molecular formula is C50H94O15. The van der Waals surface area contributed by atoms with Crippen LogP contribution in [0.5, 0.6) is 0 Å². The van der Waals surface area contributed by atoms with Crippen LogP contribution >= 0.6 is 0 Å². The SMILES string of the molecule is CCCCCCCCCCCCCCCCCCCC(=O)O[C@H](COC(=O)CCCCCCCCCCCCCC)CO[C@H]1O[C@@H](CO[C@H]2O[C@@H](CO)[C@@H](O)C(O)C2O)[C@@H](O)C(O)C1O. The Morgan fingerprint density at radius 1 is 0.431 bits per heavy atom. The average molecular weight is 935 g/mol. The van der Waals surface area contributed by atoms with Crippen LogP contribution in [-0.2, 0) is 38.0 Å². The maximum Gasteiger partial charge on any atom is 0.306 e. The van der Waals surface area contributed by atoms with Gasteiger partial charge in [0.25, 0.3) is 0 Å². The smallest absolute Gasteiger partial charge is 0.306 e. The normalized spacial score (nSPS) is 26.3. The van der Waals surface area contributed by atoms with Crippen LogP contribution in [0, 0.1) is 0 Å². The summed E-state index contributed by atoms with van der Waals surface area (Å²) in [6.07, 6.45) is 18.4. The second kappa shape index (κ2) is 38.4. The zero-order valence-electron chi connectivity index (χ0n) is 40.5. The van der Waals surface area contributed by atoms with E-state index in [0.29, 0.717) is 12.8 Å². The summed E-state index contributed by atoms with van der Waals surface area (Å²) in [5.74, 6) is -0.910. The Labute approximate surface area is 391 Å². The van der Waals surface area contributed by atoms with E-state index in [2.05, 4.69) is 13.8 Å². The molecule has 0 aromatic carbocycles. The Morgan fingerprint density at radius 3 is 1.20 bits per heavy atom. The van der Waals surface area contributed by atoms with Gasteiger partial charge in [-0.1, -0.05) is 187 Å². The quantitative estimate of drug-likeness (QED) is 0.0237. The van der Waals surface area contributed by atoms with E-state index in [1.165, 1.54) is 135 Å². The van der Waals surface area contributed by atoms with Crippen LogP contribution in [0.3, 0.4) is 0 Å². The molecule has 0 aliphatic carbocycles. The summed E-state index contributed by atoms with van der Waals surface area (Å²) in [6, 6.07) is 0. The van der Waals surface area contributed by atoms with E-state index < -0.39 is 92.7 Å². The molecule has 7 N–H and O–H groups in total. The van der Waals surface area contributed by atoms with E-state index in [1.54, 1.807) is 0 Å². The van der Waals surface area contributed by atoms with Gasteiger partial charge < -0.3 is 64.2 Å². The van der Waals surface area contributed by atoms with Crippen LogP contribution in [0.25, 0.3) is 0 Å². The van der Waals surface area contributed by atoms with Crippen molar-refractivity contribution in [3.63, 3.8) is 0 Å². The maximum absolute atomic E-state index is 13.0. The van der Waals surface area contributed by atoms with Gasteiger partial charge in [0.1, 0.15) is 55.4 Å². The third kappa shape index (κ3) is 26.7. The zero-order chi connectivity index (χ0) is 47.5. The molecule has 2 aliphatic rings. The first kappa shape index (κ1) is 59.6.